The van der Waals surface area contributed by atoms with E-state index < -0.39 is 0 Å². The van der Waals surface area contributed by atoms with Gasteiger partial charge in [0, 0.05) is 5.69 Å². The van der Waals surface area contributed by atoms with Crippen molar-refractivity contribution in [1.82, 2.24) is 0 Å². The van der Waals surface area contributed by atoms with Crippen LogP contribution in [0.5, 0.6) is 11.5 Å². The van der Waals surface area contributed by atoms with Crippen LogP contribution in [0.2, 0.25) is 0 Å². The molecule has 0 saturated carbocycles. The van der Waals surface area contributed by atoms with E-state index in [2.05, 4.69) is 5.32 Å². The zero-order valence-corrected chi connectivity index (χ0v) is 14.8. The molecule has 134 valence electrons. The number of amides is 1. The summed E-state index contributed by atoms with van der Waals surface area (Å²) < 4.78 is 16.4. The van der Waals surface area contributed by atoms with Crippen molar-refractivity contribution in [2.45, 2.75) is 20.0 Å². The Balaban J connectivity index is 1.60. The van der Waals surface area contributed by atoms with E-state index >= 15 is 0 Å². The molecular weight excluding hydrogens is 330 g/mol. The van der Waals surface area contributed by atoms with Gasteiger partial charge in [-0.05, 0) is 54.4 Å². The van der Waals surface area contributed by atoms with Crippen LogP contribution < -0.4 is 14.8 Å². The van der Waals surface area contributed by atoms with Gasteiger partial charge in [0.25, 0.3) is 5.91 Å². The molecule has 1 heterocycles. The first-order chi connectivity index (χ1) is 12.7. The highest BCUT2D eigenvalue weighted by Crippen LogP contribution is 2.20. The second kappa shape index (κ2) is 8.25. The summed E-state index contributed by atoms with van der Waals surface area (Å²) in [5.41, 5.74) is 1.88. The Hall–Kier alpha value is -3.21. The summed E-state index contributed by atoms with van der Waals surface area (Å²) in [6.45, 7) is 2.29. The third-order valence-electron chi connectivity index (χ3n) is 3.97. The largest absolute Gasteiger partial charge is 0.497 e. The zero-order valence-electron chi connectivity index (χ0n) is 14.8. The van der Waals surface area contributed by atoms with Gasteiger partial charge < -0.3 is 19.2 Å². The van der Waals surface area contributed by atoms with E-state index in [4.69, 9.17) is 13.9 Å². The van der Waals surface area contributed by atoms with Crippen molar-refractivity contribution in [1.29, 1.82) is 0 Å². The number of ether oxygens (including phenoxy) is 2. The van der Waals surface area contributed by atoms with E-state index in [1.807, 2.05) is 55.5 Å². The predicted molar refractivity (Wildman–Crippen MR) is 99.8 cm³/mol. The van der Waals surface area contributed by atoms with Crippen molar-refractivity contribution >= 4 is 11.6 Å². The maximum atomic E-state index is 12.4. The predicted octanol–water partition coefficient (Wildman–Crippen LogP) is 4.68. The number of carbonyl (C=O) groups excluding carboxylic acids is 1. The van der Waals surface area contributed by atoms with E-state index in [1.54, 1.807) is 19.2 Å². The van der Waals surface area contributed by atoms with Crippen molar-refractivity contribution in [3.63, 3.8) is 0 Å². The molecule has 1 aromatic heterocycles. The molecule has 0 fully saturated rings. The van der Waals surface area contributed by atoms with Gasteiger partial charge in [0.15, 0.2) is 5.76 Å². The van der Waals surface area contributed by atoms with Gasteiger partial charge >= 0.3 is 0 Å². The number of methoxy groups -OCH3 is 1. The molecule has 0 saturated heterocycles. The molecule has 0 bridgehead atoms. The van der Waals surface area contributed by atoms with Crippen LogP contribution in [0.15, 0.2) is 65.1 Å². The zero-order chi connectivity index (χ0) is 18.4. The van der Waals surface area contributed by atoms with E-state index in [-0.39, 0.29) is 18.3 Å². The third-order valence-corrected chi connectivity index (χ3v) is 3.97. The SMILES string of the molecule is CCc1ccccc1NC(=O)c1ccc(COc2ccc(OC)cc2)o1. The van der Waals surface area contributed by atoms with Crippen LogP contribution in [-0.2, 0) is 13.0 Å². The summed E-state index contributed by atoms with van der Waals surface area (Å²) in [4.78, 5) is 12.4. The molecule has 0 aliphatic carbocycles. The number of para-hydroxylation sites is 1. The smallest absolute Gasteiger partial charge is 0.291 e. The quantitative estimate of drug-likeness (QED) is 0.671. The number of rotatable bonds is 7. The first-order valence-electron chi connectivity index (χ1n) is 8.44. The van der Waals surface area contributed by atoms with Crippen LogP contribution in [0.3, 0.4) is 0 Å². The molecule has 1 amide bonds. The summed E-state index contributed by atoms with van der Waals surface area (Å²) in [5, 5.41) is 2.89. The Morgan fingerprint density at radius 1 is 1.00 bits per heavy atom. The molecule has 2 aromatic carbocycles. The standard InChI is InChI=1S/C21H21NO4/c1-3-15-6-4-5-7-19(15)22-21(23)20-13-12-18(26-20)14-25-17-10-8-16(24-2)9-11-17/h4-13H,3,14H2,1-2H3,(H,22,23). The maximum Gasteiger partial charge on any atom is 0.291 e. The van der Waals surface area contributed by atoms with Crippen LogP contribution in [0.4, 0.5) is 5.69 Å². The topological polar surface area (TPSA) is 60.7 Å². The van der Waals surface area contributed by atoms with Crippen molar-refractivity contribution in [2.24, 2.45) is 0 Å². The number of benzene rings is 2. The highest BCUT2D eigenvalue weighted by Gasteiger charge is 2.13. The van der Waals surface area contributed by atoms with Crippen molar-refractivity contribution in [2.75, 3.05) is 12.4 Å². The summed E-state index contributed by atoms with van der Waals surface area (Å²) in [7, 11) is 1.62. The van der Waals surface area contributed by atoms with Crippen molar-refractivity contribution < 1.29 is 18.7 Å². The highest BCUT2D eigenvalue weighted by molar-refractivity contribution is 6.02. The maximum absolute atomic E-state index is 12.4. The first-order valence-corrected chi connectivity index (χ1v) is 8.44. The Kier molecular flexibility index (Phi) is 5.59. The number of nitrogens with one attached hydrogen (secondary N) is 1. The van der Waals surface area contributed by atoms with Gasteiger partial charge in [0.1, 0.15) is 23.9 Å². The lowest BCUT2D eigenvalue weighted by atomic mass is 10.1. The lowest BCUT2D eigenvalue weighted by Gasteiger charge is -2.08. The highest BCUT2D eigenvalue weighted by atomic mass is 16.5. The molecule has 3 rings (SSSR count). The number of hydrogen-bond donors (Lipinski definition) is 1. The average Bonchev–Trinajstić information content (AvgIpc) is 3.16. The van der Waals surface area contributed by atoms with E-state index in [0.29, 0.717) is 11.5 Å². The number of anilines is 1. The second-order valence-electron chi connectivity index (χ2n) is 5.69. The van der Waals surface area contributed by atoms with Gasteiger partial charge in [-0.25, -0.2) is 0 Å². The second-order valence-corrected chi connectivity index (χ2v) is 5.69. The number of carbonyl (C=O) groups is 1. The van der Waals surface area contributed by atoms with Crippen LogP contribution in [0.25, 0.3) is 0 Å². The van der Waals surface area contributed by atoms with Crippen molar-refractivity contribution in [3.8, 4) is 11.5 Å². The summed E-state index contributed by atoms with van der Waals surface area (Å²) in [6.07, 6.45) is 0.843. The molecular formula is C21H21NO4. The number of aryl methyl sites for hydroxylation is 1. The molecule has 3 aromatic rings. The van der Waals surface area contributed by atoms with Crippen LogP contribution >= 0.6 is 0 Å². The molecule has 26 heavy (non-hydrogen) atoms. The normalized spacial score (nSPS) is 10.4. The minimum atomic E-state index is -0.276. The van der Waals surface area contributed by atoms with E-state index in [9.17, 15) is 4.79 Å². The van der Waals surface area contributed by atoms with Gasteiger partial charge in [0.05, 0.1) is 7.11 Å². The fraction of sp³-hybridized carbons (Fsp3) is 0.190. The summed E-state index contributed by atoms with van der Waals surface area (Å²) in [5.74, 6) is 2.02. The molecule has 0 aliphatic heterocycles. The Bertz CT molecular complexity index is 868. The van der Waals surface area contributed by atoms with E-state index in [0.717, 1.165) is 23.4 Å². The lowest BCUT2D eigenvalue weighted by molar-refractivity contribution is 0.0992. The third kappa shape index (κ3) is 4.25. The molecule has 0 unspecified atom stereocenters. The van der Waals surface area contributed by atoms with Gasteiger partial charge in [-0.1, -0.05) is 25.1 Å². The Morgan fingerprint density at radius 3 is 2.46 bits per heavy atom. The van der Waals surface area contributed by atoms with Gasteiger partial charge in [-0.2, -0.15) is 0 Å². The van der Waals surface area contributed by atoms with Crippen LogP contribution in [0.1, 0.15) is 28.8 Å². The number of furan rings is 1. The van der Waals surface area contributed by atoms with Gasteiger partial charge in [-0.15, -0.1) is 0 Å². The van der Waals surface area contributed by atoms with Crippen molar-refractivity contribution in [3.05, 3.63) is 77.7 Å². The van der Waals surface area contributed by atoms with Crippen LogP contribution in [-0.4, -0.2) is 13.0 Å². The Morgan fingerprint density at radius 2 is 1.73 bits per heavy atom. The summed E-state index contributed by atoms with van der Waals surface area (Å²) >= 11 is 0. The minimum Gasteiger partial charge on any atom is -0.497 e. The first kappa shape index (κ1) is 17.6. The molecule has 5 heteroatoms. The van der Waals surface area contributed by atoms with Crippen LogP contribution in [0, 0.1) is 0 Å². The molecule has 0 atom stereocenters. The fourth-order valence-corrected chi connectivity index (χ4v) is 2.54. The van der Waals surface area contributed by atoms with E-state index in [1.165, 1.54) is 0 Å². The molecule has 0 spiro atoms. The lowest BCUT2D eigenvalue weighted by Crippen LogP contribution is -2.12. The Labute approximate surface area is 152 Å². The van der Waals surface area contributed by atoms with Gasteiger partial charge in [-0.3, -0.25) is 4.79 Å². The molecule has 0 aliphatic rings. The number of hydrogen-bond acceptors (Lipinski definition) is 4. The molecule has 5 nitrogen and oxygen atoms in total. The molecule has 0 radical (unpaired) electrons. The fourth-order valence-electron chi connectivity index (χ4n) is 2.54. The van der Waals surface area contributed by atoms with Gasteiger partial charge in [0.2, 0.25) is 0 Å². The molecule has 1 N–H and O–H groups in total. The monoisotopic (exact) mass is 351 g/mol. The minimum absolute atomic E-state index is 0.241. The summed E-state index contributed by atoms with van der Waals surface area (Å²) in [6, 6.07) is 18.4. The average molecular weight is 351 g/mol.